The SMILES string of the molecule is C[C@H](NC1CCC(O)CC1)[C@@H](c1ccccc1)N1CCOCC1. The van der Waals surface area contributed by atoms with Crippen LogP contribution in [-0.4, -0.2) is 54.5 Å². The van der Waals surface area contributed by atoms with Crippen molar-refractivity contribution in [2.45, 2.75) is 56.8 Å². The first kappa shape index (κ1) is 16.9. The zero-order chi connectivity index (χ0) is 16.1. The molecule has 0 bridgehead atoms. The second-order valence-electron chi connectivity index (χ2n) is 6.96. The van der Waals surface area contributed by atoms with Crippen molar-refractivity contribution < 1.29 is 9.84 Å². The Morgan fingerprint density at radius 1 is 1.09 bits per heavy atom. The van der Waals surface area contributed by atoms with Crippen LogP contribution in [0.5, 0.6) is 0 Å². The quantitative estimate of drug-likeness (QED) is 0.875. The molecule has 1 saturated heterocycles. The molecule has 0 radical (unpaired) electrons. The van der Waals surface area contributed by atoms with Gasteiger partial charge < -0.3 is 15.2 Å². The average molecular weight is 318 g/mol. The summed E-state index contributed by atoms with van der Waals surface area (Å²) in [7, 11) is 0. The summed E-state index contributed by atoms with van der Waals surface area (Å²) in [5.41, 5.74) is 1.38. The number of morpholine rings is 1. The number of aliphatic hydroxyl groups excluding tert-OH is 1. The summed E-state index contributed by atoms with van der Waals surface area (Å²) < 4.78 is 5.54. The summed E-state index contributed by atoms with van der Waals surface area (Å²) >= 11 is 0. The molecule has 23 heavy (non-hydrogen) atoms. The molecular formula is C19H30N2O2. The van der Waals surface area contributed by atoms with E-state index in [1.54, 1.807) is 0 Å². The van der Waals surface area contributed by atoms with Gasteiger partial charge in [0.2, 0.25) is 0 Å². The minimum absolute atomic E-state index is 0.0903. The van der Waals surface area contributed by atoms with E-state index in [2.05, 4.69) is 47.5 Å². The van der Waals surface area contributed by atoms with Crippen LogP contribution in [0.15, 0.2) is 30.3 Å². The third-order valence-corrected chi connectivity index (χ3v) is 5.25. The lowest BCUT2D eigenvalue weighted by Gasteiger charge is -2.40. The Bertz CT molecular complexity index is 454. The highest BCUT2D eigenvalue weighted by Crippen LogP contribution is 2.27. The molecule has 0 amide bonds. The molecule has 1 aromatic carbocycles. The van der Waals surface area contributed by atoms with Crippen molar-refractivity contribution in [1.29, 1.82) is 0 Å². The largest absolute Gasteiger partial charge is 0.393 e. The lowest BCUT2D eigenvalue weighted by Crippen LogP contribution is -2.50. The first-order valence-electron chi connectivity index (χ1n) is 9.05. The van der Waals surface area contributed by atoms with Gasteiger partial charge in [-0.05, 0) is 38.2 Å². The van der Waals surface area contributed by atoms with Gasteiger partial charge >= 0.3 is 0 Å². The maximum Gasteiger partial charge on any atom is 0.0594 e. The molecule has 0 aromatic heterocycles. The number of aliphatic hydroxyl groups is 1. The van der Waals surface area contributed by atoms with Crippen LogP contribution in [0.2, 0.25) is 0 Å². The molecule has 1 heterocycles. The second kappa shape index (κ2) is 8.25. The normalized spacial score (nSPS) is 29.1. The molecule has 1 aliphatic heterocycles. The topological polar surface area (TPSA) is 44.7 Å². The van der Waals surface area contributed by atoms with Crippen LogP contribution in [-0.2, 0) is 4.74 Å². The van der Waals surface area contributed by atoms with Crippen molar-refractivity contribution in [3.63, 3.8) is 0 Å². The smallest absolute Gasteiger partial charge is 0.0594 e. The zero-order valence-corrected chi connectivity index (χ0v) is 14.2. The van der Waals surface area contributed by atoms with Crippen LogP contribution in [0.1, 0.15) is 44.2 Å². The molecule has 0 unspecified atom stereocenters. The molecule has 1 saturated carbocycles. The van der Waals surface area contributed by atoms with Gasteiger partial charge in [-0.1, -0.05) is 30.3 Å². The number of nitrogens with zero attached hydrogens (tertiary/aromatic N) is 1. The molecule has 128 valence electrons. The predicted octanol–water partition coefficient (Wildman–Crippen LogP) is 2.34. The van der Waals surface area contributed by atoms with Gasteiger partial charge in [0.1, 0.15) is 0 Å². The Kier molecular flexibility index (Phi) is 6.06. The van der Waals surface area contributed by atoms with Crippen molar-refractivity contribution in [1.82, 2.24) is 10.2 Å². The van der Waals surface area contributed by atoms with E-state index in [1.165, 1.54) is 5.56 Å². The number of benzene rings is 1. The highest BCUT2D eigenvalue weighted by molar-refractivity contribution is 5.21. The van der Waals surface area contributed by atoms with Crippen LogP contribution in [0.4, 0.5) is 0 Å². The first-order valence-corrected chi connectivity index (χ1v) is 9.05. The predicted molar refractivity (Wildman–Crippen MR) is 92.4 cm³/mol. The molecule has 0 spiro atoms. The number of hydrogen-bond donors (Lipinski definition) is 2. The van der Waals surface area contributed by atoms with Gasteiger partial charge in [-0.2, -0.15) is 0 Å². The van der Waals surface area contributed by atoms with E-state index in [0.717, 1.165) is 52.0 Å². The van der Waals surface area contributed by atoms with Crippen LogP contribution in [0, 0.1) is 0 Å². The molecule has 2 atom stereocenters. The Hall–Kier alpha value is -0.940. The van der Waals surface area contributed by atoms with E-state index < -0.39 is 0 Å². The third kappa shape index (κ3) is 4.54. The molecule has 2 aliphatic rings. The number of nitrogens with one attached hydrogen (secondary N) is 1. The molecule has 4 nitrogen and oxygen atoms in total. The summed E-state index contributed by atoms with van der Waals surface area (Å²) in [6, 6.07) is 12.1. The van der Waals surface area contributed by atoms with Crippen LogP contribution in [0.3, 0.4) is 0 Å². The van der Waals surface area contributed by atoms with E-state index in [-0.39, 0.29) is 6.10 Å². The van der Waals surface area contributed by atoms with Crippen LogP contribution < -0.4 is 5.32 Å². The molecule has 1 aromatic rings. The van der Waals surface area contributed by atoms with Gasteiger partial charge in [0.25, 0.3) is 0 Å². The fourth-order valence-corrected chi connectivity index (χ4v) is 4.03. The van der Waals surface area contributed by atoms with Crippen molar-refractivity contribution >= 4 is 0 Å². The van der Waals surface area contributed by atoms with Gasteiger partial charge in [-0.15, -0.1) is 0 Å². The molecular weight excluding hydrogens is 288 g/mol. The highest BCUT2D eigenvalue weighted by atomic mass is 16.5. The second-order valence-corrected chi connectivity index (χ2v) is 6.96. The fraction of sp³-hybridized carbons (Fsp3) is 0.684. The summed E-state index contributed by atoms with van der Waals surface area (Å²) in [6.45, 7) is 5.94. The van der Waals surface area contributed by atoms with Crippen LogP contribution >= 0.6 is 0 Å². The van der Waals surface area contributed by atoms with Gasteiger partial charge in [0, 0.05) is 25.2 Å². The van der Waals surface area contributed by atoms with Gasteiger partial charge in [-0.3, -0.25) is 4.90 Å². The maximum atomic E-state index is 9.70. The first-order chi connectivity index (χ1) is 11.2. The Morgan fingerprint density at radius 3 is 2.39 bits per heavy atom. The summed E-state index contributed by atoms with van der Waals surface area (Å²) in [5, 5.41) is 13.5. The molecule has 2 N–H and O–H groups in total. The average Bonchev–Trinajstić information content (AvgIpc) is 2.59. The number of ether oxygens (including phenoxy) is 1. The van der Waals surface area contributed by atoms with E-state index in [4.69, 9.17) is 4.74 Å². The van der Waals surface area contributed by atoms with Gasteiger partial charge in [0.15, 0.2) is 0 Å². The third-order valence-electron chi connectivity index (χ3n) is 5.25. The van der Waals surface area contributed by atoms with E-state index in [1.807, 2.05) is 0 Å². The van der Waals surface area contributed by atoms with Crippen molar-refractivity contribution in [3.8, 4) is 0 Å². The zero-order valence-electron chi connectivity index (χ0n) is 14.2. The molecule has 2 fully saturated rings. The van der Waals surface area contributed by atoms with E-state index >= 15 is 0 Å². The lowest BCUT2D eigenvalue weighted by molar-refractivity contribution is 0.00656. The number of hydrogen-bond acceptors (Lipinski definition) is 4. The van der Waals surface area contributed by atoms with Crippen LogP contribution in [0.25, 0.3) is 0 Å². The fourth-order valence-electron chi connectivity index (χ4n) is 4.03. The molecule has 4 heteroatoms. The molecule has 1 aliphatic carbocycles. The summed E-state index contributed by atoms with van der Waals surface area (Å²) in [6.07, 6.45) is 3.93. The maximum absolute atomic E-state index is 9.70. The monoisotopic (exact) mass is 318 g/mol. The standard InChI is InChI=1S/C19H30N2O2/c1-15(20-17-7-9-18(22)10-8-17)19(16-5-3-2-4-6-16)21-11-13-23-14-12-21/h2-6,15,17-20,22H,7-14H2,1H3/t15-,17?,18?,19-/m0/s1. The van der Waals surface area contributed by atoms with E-state index in [9.17, 15) is 5.11 Å². The minimum atomic E-state index is -0.0903. The summed E-state index contributed by atoms with van der Waals surface area (Å²) in [5.74, 6) is 0. The number of rotatable bonds is 5. The Morgan fingerprint density at radius 2 is 1.74 bits per heavy atom. The van der Waals surface area contributed by atoms with Crippen molar-refractivity contribution in [2.24, 2.45) is 0 Å². The highest BCUT2D eigenvalue weighted by Gasteiger charge is 2.30. The molecule has 3 rings (SSSR count). The van der Waals surface area contributed by atoms with E-state index in [0.29, 0.717) is 18.1 Å². The summed E-state index contributed by atoms with van der Waals surface area (Å²) in [4.78, 5) is 2.55. The van der Waals surface area contributed by atoms with Crippen molar-refractivity contribution in [2.75, 3.05) is 26.3 Å². The van der Waals surface area contributed by atoms with Crippen molar-refractivity contribution in [3.05, 3.63) is 35.9 Å². The Balaban J connectivity index is 1.69. The Labute approximate surface area is 139 Å². The minimum Gasteiger partial charge on any atom is -0.393 e. The van der Waals surface area contributed by atoms with Gasteiger partial charge in [0.05, 0.1) is 25.4 Å². The van der Waals surface area contributed by atoms with Gasteiger partial charge in [-0.25, -0.2) is 0 Å². The lowest BCUT2D eigenvalue weighted by atomic mass is 9.91.